The molecule has 7 heteroatoms. The standard InChI is InChI=1S/C22H22N6O/c1-15-13-27(22(29)18-12-17-8-5-11-23-21(17)24-18)14-20-26-25-19(28(15)20)10-9-16-6-3-2-4-7-16/h2-8,11-12,15H,9-10,13-14H2,1H3,(H,23,24)/t15-/m0/s1. The van der Waals surface area contributed by atoms with Crippen LogP contribution in [0, 0.1) is 0 Å². The van der Waals surface area contributed by atoms with Crippen LogP contribution in [0.25, 0.3) is 11.0 Å². The Bertz CT molecular complexity index is 1130. The van der Waals surface area contributed by atoms with E-state index < -0.39 is 0 Å². The maximum absolute atomic E-state index is 13.1. The summed E-state index contributed by atoms with van der Waals surface area (Å²) >= 11 is 0. The lowest BCUT2D eigenvalue weighted by atomic mass is 10.1. The number of hydrogen-bond donors (Lipinski definition) is 1. The van der Waals surface area contributed by atoms with E-state index in [0.717, 1.165) is 35.5 Å². The number of rotatable bonds is 4. The van der Waals surface area contributed by atoms with Crippen molar-refractivity contribution in [1.29, 1.82) is 0 Å². The fourth-order valence-electron chi connectivity index (χ4n) is 4.08. The molecule has 1 atom stereocenters. The number of nitrogens with zero attached hydrogens (tertiary/aromatic N) is 5. The van der Waals surface area contributed by atoms with Gasteiger partial charge in [-0.3, -0.25) is 4.79 Å². The van der Waals surface area contributed by atoms with Crippen LogP contribution in [0.5, 0.6) is 0 Å². The lowest BCUT2D eigenvalue weighted by molar-refractivity contribution is 0.0674. The number of nitrogens with one attached hydrogen (secondary N) is 1. The van der Waals surface area contributed by atoms with Crippen LogP contribution >= 0.6 is 0 Å². The summed E-state index contributed by atoms with van der Waals surface area (Å²) in [6, 6.07) is 16.2. The van der Waals surface area contributed by atoms with E-state index in [-0.39, 0.29) is 11.9 Å². The van der Waals surface area contributed by atoms with Crippen LogP contribution in [0.15, 0.2) is 54.7 Å². The van der Waals surface area contributed by atoms with Crippen LogP contribution in [-0.4, -0.2) is 42.1 Å². The molecule has 7 nitrogen and oxygen atoms in total. The highest BCUT2D eigenvalue weighted by Crippen LogP contribution is 2.24. The van der Waals surface area contributed by atoms with Gasteiger partial charge < -0.3 is 14.5 Å². The highest BCUT2D eigenvalue weighted by molar-refractivity contribution is 5.97. The molecular weight excluding hydrogens is 364 g/mol. The minimum atomic E-state index is -0.0325. The molecule has 1 amide bonds. The highest BCUT2D eigenvalue weighted by atomic mass is 16.2. The Morgan fingerprint density at radius 3 is 2.83 bits per heavy atom. The van der Waals surface area contributed by atoms with Crippen LogP contribution in [0.4, 0.5) is 0 Å². The summed E-state index contributed by atoms with van der Waals surface area (Å²) in [5.74, 6) is 1.79. The lowest BCUT2D eigenvalue weighted by Crippen LogP contribution is -2.41. The first-order valence-electron chi connectivity index (χ1n) is 9.88. The maximum atomic E-state index is 13.1. The Morgan fingerprint density at radius 2 is 2.00 bits per heavy atom. The van der Waals surface area contributed by atoms with Crippen molar-refractivity contribution < 1.29 is 4.79 Å². The number of fused-ring (bicyclic) bond motifs is 2. The Labute approximate surface area is 168 Å². The maximum Gasteiger partial charge on any atom is 0.270 e. The van der Waals surface area contributed by atoms with Crippen LogP contribution < -0.4 is 0 Å². The summed E-state index contributed by atoms with van der Waals surface area (Å²) in [5.41, 5.74) is 2.58. The predicted octanol–water partition coefficient (Wildman–Crippen LogP) is 3.16. The minimum absolute atomic E-state index is 0.0325. The molecule has 4 heterocycles. The zero-order valence-corrected chi connectivity index (χ0v) is 16.2. The molecule has 0 unspecified atom stereocenters. The van der Waals surface area contributed by atoms with Gasteiger partial charge in [0.2, 0.25) is 0 Å². The molecule has 4 aromatic rings. The van der Waals surface area contributed by atoms with E-state index in [4.69, 9.17) is 0 Å². The van der Waals surface area contributed by atoms with Gasteiger partial charge in [0, 0.05) is 24.5 Å². The molecule has 0 radical (unpaired) electrons. The van der Waals surface area contributed by atoms with Gasteiger partial charge in [-0.1, -0.05) is 30.3 Å². The summed E-state index contributed by atoms with van der Waals surface area (Å²) in [5, 5.41) is 9.74. The summed E-state index contributed by atoms with van der Waals surface area (Å²) in [6.45, 7) is 3.21. The van der Waals surface area contributed by atoms with Crippen molar-refractivity contribution >= 4 is 16.9 Å². The molecule has 0 fully saturated rings. The molecule has 0 spiro atoms. The highest BCUT2D eigenvalue weighted by Gasteiger charge is 2.30. The van der Waals surface area contributed by atoms with Crippen molar-refractivity contribution in [3.63, 3.8) is 0 Å². The van der Waals surface area contributed by atoms with Gasteiger partial charge in [0.05, 0.1) is 12.6 Å². The van der Waals surface area contributed by atoms with Crippen LogP contribution in [-0.2, 0) is 19.4 Å². The van der Waals surface area contributed by atoms with E-state index in [1.807, 2.05) is 29.2 Å². The summed E-state index contributed by atoms with van der Waals surface area (Å²) in [4.78, 5) is 22.3. The first kappa shape index (κ1) is 17.6. The van der Waals surface area contributed by atoms with Crippen molar-refractivity contribution in [2.75, 3.05) is 6.54 Å². The average Bonchev–Trinajstić information content (AvgIpc) is 3.36. The molecule has 5 rings (SSSR count). The molecule has 1 aromatic carbocycles. The number of carbonyl (C=O) groups is 1. The molecule has 1 aliphatic heterocycles. The predicted molar refractivity (Wildman–Crippen MR) is 109 cm³/mol. The van der Waals surface area contributed by atoms with Crippen molar-refractivity contribution in [2.45, 2.75) is 32.4 Å². The average molecular weight is 386 g/mol. The topological polar surface area (TPSA) is 79.7 Å². The second-order valence-electron chi connectivity index (χ2n) is 7.55. The fourth-order valence-corrected chi connectivity index (χ4v) is 4.08. The molecule has 0 bridgehead atoms. The Hall–Kier alpha value is -3.48. The first-order valence-corrected chi connectivity index (χ1v) is 9.88. The number of amides is 1. The fraction of sp³-hybridized carbons (Fsp3) is 0.273. The van der Waals surface area contributed by atoms with Gasteiger partial charge in [0.15, 0.2) is 5.82 Å². The number of aryl methyl sites for hydroxylation is 2. The smallest absolute Gasteiger partial charge is 0.270 e. The Morgan fingerprint density at radius 1 is 1.14 bits per heavy atom. The third-order valence-corrected chi connectivity index (χ3v) is 5.48. The number of hydrogen-bond acceptors (Lipinski definition) is 4. The second-order valence-corrected chi connectivity index (χ2v) is 7.55. The molecule has 0 saturated heterocycles. The summed E-state index contributed by atoms with van der Waals surface area (Å²) in [6.07, 6.45) is 3.48. The number of aromatic nitrogens is 5. The van der Waals surface area contributed by atoms with Crippen molar-refractivity contribution in [2.24, 2.45) is 0 Å². The normalized spacial score (nSPS) is 16.2. The first-order chi connectivity index (χ1) is 14.2. The van der Waals surface area contributed by atoms with Gasteiger partial charge in [-0.05, 0) is 37.1 Å². The number of carbonyl (C=O) groups excluding carboxylic acids is 1. The second kappa shape index (κ2) is 7.16. The number of H-pyrrole nitrogens is 1. The van der Waals surface area contributed by atoms with Gasteiger partial charge in [0.25, 0.3) is 5.91 Å². The SMILES string of the molecule is C[C@H]1CN(C(=O)c2cc3cccnc3[nH]2)Cc2nnc(CCc3ccccc3)n21. The van der Waals surface area contributed by atoms with Crippen LogP contribution in [0.2, 0.25) is 0 Å². The quantitative estimate of drug-likeness (QED) is 0.584. The number of pyridine rings is 1. The van der Waals surface area contributed by atoms with Gasteiger partial charge >= 0.3 is 0 Å². The molecule has 3 aromatic heterocycles. The lowest BCUT2D eigenvalue weighted by Gasteiger charge is -2.32. The van der Waals surface area contributed by atoms with E-state index in [1.165, 1.54) is 5.56 Å². The number of benzene rings is 1. The van der Waals surface area contributed by atoms with Crippen molar-refractivity contribution in [3.05, 3.63) is 77.6 Å². The van der Waals surface area contributed by atoms with Gasteiger partial charge in [-0.15, -0.1) is 10.2 Å². The van der Waals surface area contributed by atoms with Gasteiger partial charge in [-0.2, -0.15) is 0 Å². The minimum Gasteiger partial charge on any atom is -0.335 e. The van der Waals surface area contributed by atoms with Crippen molar-refractivity contribution in [1.82, 2.24) is 29.6 Å². The Kier molecular flexibility index (Phi) is 4.35. The van der Waals surface area contributed by atoms with Gasteiger partial charge in [0.1, 0.15) is 17.2 Å². The third kappa shape index (κ3) is 3.29. The molecule has 1 N–H and O–H groups in total. The molecule has 29 heavy (non-hydrogen) atoms. The van der Waals surface area contributed by atoms with Crippen LogP contribution in [0.3, 0.4) is 0 Å². The summed E-state index contributed by atoms with van der Waals surface area (Å²) in [7, 11) is 0. The molecule has 0 aliphatic carbocycles. The van der Waals surface area contributed by atoms with E-state index in [9.17, 15) is 4.79 Å². The molecular formula is C22H22N6O. The number of aromatic amines is 1. The van der Waals surface area contributed by atoms with E-state index in [1.54, 1.807) is 6.20 Å². The van der Waals surface area contributed by atoms with Crippen molar-refractivity contribution in [3.8, 4) is 0 Å². The van der Waals surface area contributed by atoms with E-state index in [2.05, 4.69) is 55.9 Å². The molecule has 146 valence electrons. The van der Waals surface area contributed by atoms with E-state index in [0.29, 0.717) is 18.8 Å². The van der Waals surface area contributed by atoms with E-state index >= 15 is 0 Å². The third-order valence-electron chi connectivity index (χ3n) is 5.48. The zero-order chi connectivity index (χ0) is 19.8. The molecule has 0 saturated carbocycles. The van der Waals surface area contributed by atoms with Gasteiger partial charge in [-0.25, -0.2) is 4.98 Å². The summed E-state index contributed by atoms with van der Waals surface area (Å²) < 4.78 is 2.19. The van der Waals surface area contributed by atoms with Crippen LogP contribution in [0.1, 0.15) is 40.7 Å². The largest absolute Gasteiger partial charge is 0.335 e. The Balaban J connectivity index is 1.34. The molecule has 1 aliphatic rings. The zero-order valence-electron chi connectivity index (χ0n) is 16.2. The monoisotopic (exact) mass is 386 g/mol.